The van der Waals surface area contributed by atoms with E-state index in [1.807, 2.05) is 12.3 Å². The van der Waals surface area contributed by atoms with Crippen LogP contribution >= 0.6 is 11.6 Å². The zero-order chi connectivity index (χ0) is 12.0. The predicted molar refractivity (Wildman–Crippen MR) is 70.5 cm³/mol. The molecule has 0 radical (unpaired) electrons. The number of hydrogen-bond donors (Lipinski definition) is 1. The van der Waals surface area contributed by atoms with Crippen LogP contribution in [0, 0.1) is 0 Å². The number of H-pyrrole nitrogens is 1. The Morgan fingerprint density at radius 3 is 2.88 bits per heavy atom. The summed E-state index contributed by atoms with van der Waals surface area (Å²) in [6.07, 6.45) is 3.81. The number of aromatic amines is 1. The molecule has 3 aromatic rings. The lowest BCUT2D eigenvalue weighted by molar-refractivity contribution is 0.876. The highest BCUT2D eigenvalue weighted by atomic mass is 35.5. The summed E-state index contributed by atoms with van der Waals surface area (Å²) < 4.78 is 0. The smallest absolute Gasteiger partial charge is 0.222 e. The molecule has 0 fully saturated rings. The Hall–Kier alpha value is -1.61. The minimum atomic E-state index is 0.293. The maximum absolute atomic E-state index is 5.89. The molecule has 0 aliphatic rings. The lowest BCUT2D eigenvalue weighted by atomic mass is 10.0. The minimum absolute atomic E-state index is 0.293. The van der Waals surface area contributed by atoms with E-state index in [1.54, 1.807) is 6.20 Å². The highest BCUT2D eigenvalue weighted by Gasteiger charge is 2.12. The fourth-order valence-electron chi connectivity index (χ4n) is 2.17. The summed E-state index contributed by atoms with van der Waals surface area (Å²) in [5.41, 5.74) is 3.28. The van der Waals surface area contributed by atoms with E-state index in [9.17, 15) is 0 Å². The van der Waals surface area contributed by atoms with Crippen molar-refractivity contribution in [2.75, 3.05) is 0 Å². The van der Waals surface area contributed by atoms with Gasteiger partial charge in [-0.05, 0) is 35.2 Å². The van der Waals surface area contributed by atoms with Crippen LogP contribution in [-0.2, 0) is 0 Å². The van der Waals surface area contributed by atoms with Gasteiger partial charge in [-0.1, -0.05) is 13.8 Å². The molecule has 3 nitrogen and oxygen atoms in total. The SMILES string of the molecule is CC(C)c1c[nH]c2ccc3cnc(Cl)nc3c12. The standard InChI is InChI=1S/C13H12ClN3/c1-7(2)9-6-15-10-4-3-8-5-16-13(14)17-12(8)11(9)10/h3-7,15H,1-2H3. The number of fused-ring (bicyclic) bond motifs is 3. The molecule has 4 heteroatoms. The first-order chi connectivity index (χ1) is 8.16. The Balaban J connectivity index is 2.51. The number of hydrogen-bond acceptors (Lipinski definition) is 2. The van der Waals surface area contributed by atoms with Crippen LogP contribution in [-0.4, -0.2) is 15.0 Å². The van der Waals surface area contributed by atoms with Gasteiger partial charge in [0.2, 0.25) is 5.28 Å². The molecule has 86 valence electrons. The van der Waals surface area contributed by atoms with Crippen molar-refractivity contribution in [3.8, 4) is 0 Å². The Kier molecular flexibility index (Phi) is 2.30. The minimum Gasteiger partial charge on any atom is -0.361 e. The van der Waals surface area contributed by atoms with E-state index >= 15 is 0 Å². The zero-order valence-electron chi connectivity index (χ0n) is 9.66. The average molecular weight is 246 g/mol. The molecule has 1 N–H and O–H groups in total. The maximum Gasteiger partial charge on any atom is 0.222 e. The zero-order valence-corrected chi connectivity index (χ0v) is 10.4. The number of halogens is 1. The molecule has 0 unspecified atom stereocenters. The van der Waals surface area contributed by atoms with E-state index in [0.717, 1.165) is 21.8 Å². The van der Waals surface area contributed by atoms with Gasteiger partial charge in [0.15, 0.2) is 0 Å². The van der Waals surface area contributed by atoms with Gasteiger partial charge in [0, 0.05) is 28.7 Å². The first-order valence-electron chi connectivity index (χ1n) is 5.59. The topological polar surface area (TPSA) is 41.6 Å². The molecule has 1 aromatic carbocycles. The predicted octanol–water partition coefficient (Wildman–Crippen LogP) is 3.89. The van der Waals surface area contributed by atoms with Gasteiger partial charge >= 0.3 is 0 Å². The van der Waals surface area contributed by atoms with Gasteiger partial charge in [-0.2, -0.15) is 0 Å². The van der Waals surface area contributed by atoms with Crippen LogP contribution in [0.3, 0.4) is 0 Å². The van der Waals surface area contributed by atoms with Gasteiger partial charge in [-0.25, -0.2) is 9.97 Å². The largest absolute Gasteiger partial charge is 0.361 e. The normalized spacial score (nSPS) is 11.8. The van der Waals surface area contributed by atoms with Crippen LogP contribution in [0.1, 0.15) is 25.3 Å². The third kappa shape index (κ3) is 1.58. The van der Waals surface area contributed by atoms with Gasteiger partial charge in [0.1, 0.15) is 0 Å². The van der Waals surface area contributed by atoms with E-state index in [-0.39, 0.29) is 0 Å². The van der Waals surface area contributed by atoms with Crippen LogP contribution in [0.4, 0.5) is 0 Å². The summed E-state index contributed by atoms with van der Waals surface area (Å²) in [5, 5.41) is 2.46. The van der Waals surface area contributed by atoms with Crippen molar-refractivity contribution in [3.05, 3.63) is 35.4 Å². The third-order valence-corrected chi connectivity index (χ3v) is 3.20. The molecule has 0 aliphatic heterocycles. The average Bonchev–Trinajstić information content (AvgIpc) is 2.73. The van der Waals surface area contributed by atoms with Crippen molar-refractivity contribution in [1.82, 2.24) is 15.0 Å². The molecule has 0 aliphatic carbocycles. The van der Waals surface area contributed by atoms with Crippen LogP contribution in [0.25, 0.3) is 21.8 Å². The Morgan fingerprint density at radius 2 is 2.12 bits per heavy atom. The fraction of sp³-hybridized carbons (Fsp3) is 0.231. The third-order valence-electron chi connectivity index (χ3n) is 3.02. The summed E-state index contributed by atoms with van der Waals surface area (Å²) in [6, 6.07) is 4.06. The number of aromatic nitrogens is 3. The molecular formula is C13H12ClN3. The highest BCUT2D eigenvalue weighted by molar-refractivity contribution is 6.28. The van der Waals surface area contributed by atoms with Gasteiger partial charge in [0.05, 0.1) is 5.52 Å². The van der Waals surface area contributed by atoms with Gasteiger partial charge in [0.25, 0.3) is 0 Å². The second kappa shape index (κ2) is 3.70. The molecule has 2 heterocycles. The molecule has 17 heavy (non-hydrogen) atoms. The lowest BCUT2D eigenvalue weighted by Crippen LogP contribution is -1.89. The van der Waals surface area contributed by atoms with Gasteiger partial charge in [-0.3, -0.25) is 0 Å². The Morgan fingerprint density at radius 1 is 1.29 bits per heavy atom. The molecule has 3 rings (SSSR count). The number of nitrogens with one attached hydrogen (secondary N) is 1. The summed E-state index contributed by atoms with van der Waals surface area (Å²) in [4.78, 5) is 11.6. The van der Waals surface area contributed by atoms with Crippen LogP contribution in [0.15, 0.2) is 24.5 Å². The van der Waals surface area contributed by atoms with Gasteiger partial charge < -0.3 is 4.98 Å². The van der Waals surface area contributed by atoms with E-state index in [0.29, 0.717) is 11.2 Å². The number of benzene rings is 1. The molecule has 0 amide bonds. The lowest BCUT2D eigenvalue weighted by Gasteiger charge is -2.05. The maximum atomic E-state index is 5.89. The van der Waals surface area contributed by atoms with Crippen LogP contribution in [0.2, 0.25) is 5.28 Å². The number of rotatable bonds is 1. The van der Waals surface area contributed by atoms with Crippen molar-refractivity contribution < 1.29 is 0 Å². The fourth-order valence-corrected chi connectivity index (χ4v) is 2.30. The first-order valence-corrected chi connectivity index (χ1v) is 5.97. The Labute approximate surface area is 104 Å². The molecule has 0 saturated heterocycles. The number of nitrogens with zero attached hydrogens (tertiary/aromatic N) is 2. The highest BCUT2D eigenvalue weighted by Crippen LogP contribution is 2.30. The second-order valence-corrected chi connectivity index (χ2v) is 4.80. The van der Waals surface area contributed by atoms with E-state index in [1.165, 1.54) is 5.56 Å². The van der Waals surface area contributed by atoms with Crippen LogP contribution < -0.4 is 0 Å². The Bertz CT molecular complexity index is 700. The quantitative estimate of drug-likeness (QED) is 0.661. The summed E-state index contributed by atoms with van der Waals surface area (Å²) in [5.74, 6) is 0.447. The molecule has 2 aromatic heterocycles. The van der Waals surface area contributed by atoms with Gasteiger partial charge in [-0.15, -0.1) is 0 Å². The first kappa shape index (κ1) is 10.5. The van der Waals surface area contributed by atoms with E-state index in [4.69, 9.17) is 11.6 Å². The van der Waals surface area contributed by atoms with Crippen molar-refractivity contribution in [3.63, 3.8) is 0 Å². The molecule has 0 spiro atoms. The summed E-state index contributed by atoms with van der Waals surface area (Å²) in [7, 11) is 0. The van der Waals surface area contributed by atoms with Crippen molar-refractivity contribution in [2.24, 2.45) is 0 Å². The van der Waals surface area contributed by atoms with Crippen molar-refractivity contribution in [1.29, 1.82) is 0 Å². The molecular weight excluding hydrogens is 234 g/mol. The summed E-state index contributed by atoms with van der Waals surface area (Å²) in [6.45, 7) is 4.34. The van der Waals surface area contributed by atoms with E-state index < -0.39 is 0 Å². The van der Waals surface area contributed by atoms with Crippen LogP contribution in [0.5, 0.6) is 0 Å². The molecule has 0 atom stereocenters. The molecule has 0 bridgehead atoms. The van der Waals surface area contributed by atoms with Crippen molar-refractivity contribution in [2.45, 2.75) is 19.8 Å². The summed E-state index contributed by atoms with van der Waals surface area (Å²) >= 11 is 5.89. The molecule has 0 saturated carbocycles. The van der Waals surface area contributed by atoms with E-state index in [2.05, 4.69) is 34.9 Å². The monoisotopic (exact) mass is 245 g/mol. The van der Waals surface area contributed by atoms with Crippen molar-refractivity contribution >= 4 is 33.4 Å². The second-order valence-electron chi connectivity index (χ2n) is 4.46.